The summed E-state index contributed by atoms with van der Waals surface area (Å²) in [5.74, 6) is -0.119. The molecule has 0 unspecified atom stereocenters. The molecule has 0 aliphatic rings. The molecule has 122 valence electrons. The number of fused-ring (bicyclic) bond motifs is 1. The van der Waals surface area contributed by atoms with E-state index in [9.17, 15) is 9.59 Å². The van der Waals surface area contributed by atoms with Crippen LogP contribution in [0.2, 0.25) is 5.15 Å². The van der Waals surface area contributed by atoms with Crippen LogP contribution in [-0.2, 0) is 4.79 Å². The van der Waals surface area contributed by atoms with E-state index in [-0.39, 0.29) is 5.78 Å². The Hall–Kier alpha value is -2.44. The lowest BCUT2D eigenvalue weighted by atomic mass is 10.1. The van der Waals surface area contributed by atoms with Crippen LogP contribution in [0.5, 0.6) is 5.75 Å². The van der Waals surface area contributed by atoms with Crippen LogP contribution in [0.3, 0.4) is 0 Å². The molecule has 0 aliphatic heterocycles. The second-order valence-corrected chi connectivity index (χ2v) is 6.13. The number of rotatable bonds is 5. The maximum absolute atomic E-state index is 11.9. The summed E-state index contributed by atoms with van der Waals surface area (Å²) in [6.07, 6.45) is 5.11. The van der Waals surface area contributed by atoms with Gasteiger partial charge in [0.25, 0.3) is 0 Å². The number of carbonyl (C=O) groups excluding carboxylic acids is 2. The highest BCUT2D eigenvalue weighted by Gasteiger charge is 2.09. The molecule has 0 N–H and O–H groups in total. The third-order valence-electron chi connectivity index (χ3n) is 3.35. The van der Waals surface area contributed by atoms with Gasteiger partial charge in [-0.1, -0.05) is 18.5 Å². The zero-order valence-corrected chi connectivity index (χ0v) is 14.3. The van der Waals surface area contributed by atoms with E-state index >= 15 is 0 Å². The van der Waals surface area contributed by atoms with Gasteiger partial charge in [-0.25, -0.2) is 9.78 Å². The number of imidazole rings is 1. The van der Waals surface area contributed by atoms with Gasteiger partial charge < -0.3 is 4.74 Å². The van der Waals surface area contributed by atoms with Crippen molar-refractivity contribution < 1.29 is 14.3 Å². The maximum atomic E-state index is 11.9. The van der Waals surface area contributed by atoms with Gasteiger partial charge in [0, 0.05) is 29.6 Å². The number of esters is 1. The molecule has 0 saturated carbocycles. The van der Waals surface area contributed by atoms with Crippen molar-refractivity contribution in [1.29, 1.82) is 0 Å². The molecule has 0 fully saturated rings. The molecule has 24 heavy (non-hydrogen) atoms. The van der Waals surface area contributed by atoms with Gasteiger partial charge in [0.05, 0.1) is 5.69 Å². The van der Waals surface area contributed by atoms with Crippen LogP contribution in [0.1, 0.15) is 29.4 Å². The molecule has 0 radical (unpaired) electrons. The predicted molar refractivity (Wildman–Crippen MR) is 93.8 cm³/mol. The zero-order valence-electron chi connectivity index (χ0n) is 12.7. The SMILES string of the molecule is CCC(=O)c1ccc(OC(=O)/C=C/c2c(Cl)nc3sccn23)cc1. The van der Waals surface area contributed by atoms with Gasteiger partial charge in [-0.05, 0) is 30.3 Å². The van der Waals surface area contributed by atoms with Gasteiger partial charge in [0.15, 0.2) is 15.9 Å². The highest BCUT2D eigenvalue weighted by atomic mass is 35.5. The summed E-state index contributed by atoms with van der Waals surface area (Å²) < 4.78 is 7.00. The van der Waals surface area contributed by atoms with Crippen molar-refractivity contribution in [3.8, 4) is 5.75 Å². The van der Waals surface area contributed by atoms with E-state index in [1.807, 2.05) is 11.6 Å². The van der Waals surface area contributed by atoms with Crippen LogP contribution in [0.25, 0.3) is 11.0 Å². The third-order valence-corrected chi connectivity index (χ3v) is 4.38. The summed E-state index contributed by atoms with van der Waals surface area (Å²) in [6, 6.07) is 6.47. The van der Waals surface area contributed by atoms with Crippen LogP contribution >= 0.6 is 22.9 Å². The van der Waals surface area contributed by atoms with Gasteiger partial charge in [-0.15, -0.1) is 11.3 Å². The Balaban J connectivity index is 1.70. The number of nitrogens with zero attached hydrogens (tertiary/aromatic N) is 2. The number of ether oxygens (including phenoxy) is 1. The van der Waals surface area contributed by atoms with Crippen molar-refractivity contribution in [1.82, 2.24) is 9.38 Å². The van der Waals surface area contributed by atoms with Crippen LogP contribution < -0.4 is 4.74 Å². The average Bonchev–Trinajstić information content (AvgIpc) is 3.13. The Labute approximate surface area is 147 Å². The fraction of sp³-hybridized carbons (Fsp3) is 0.118. The molecule has 3 rings (SSSR count). The minimum absolute atomic E-state index is 0.0444. The first kappa shape index (κ1) is 16.4. The molecular formula is C17H13ClN2O3S. The first-order valence-corrected chi connectivity index (χ1v) is 8.48. The van der Waals surface area contributed by atoms with Gasteiger partial charge in [0.1, 0.15) is 5.75 Å². The van der Waals surface area contributed by atoms with Gasteiger partial charge in [0.2, 0.25) is 0 Å². The molecule has 7 heteroatoms. The molecule has 1 aromatic carbocycles. The van der Waals surface area contributed by atoms with E-state index in [4.69, 9.17) is 16.3 Å². The fourth-order valence-electron chi connectivity index (χ4n) is 2.14. The van der Waals surface area contributed by atoms with E-state index in [0.717, 1.165) is 4.96 Å². The van der Waals surface area contributed by atoms with Crippen LogP contribution in [-0.4, -0.2) is 21.1 Å². The highest BCUT2D eigenvalue weighted by molar-refractivity contribution is 7.15. The summed E-state index contributed by atoms with van der Waals surface area (Å²) in [5, 5.41) is 2.21. The number of halogens is 1. The summed E-state index contributed by atoms with van der Waals surface area (Å²) >= 11 is 7.51. The van der Waals surface area contributed by atoms with Gasteiger partial charge in [-0.3, -0.25) is 9.20 Å². The number of aromatic nitrogens is 2. The second-order valence-electron chi connectivity index (χ2n) is 4.90. The van der Waals surface area contributed by atoms with E-state index < -0.39 is 5.97 Å². The quantitative estimate of drug-likeness (QED) is 0.295. The van der Waals surface area contributed by atoms with Crippen molar-refractivity contribution in [3.63, 3.8) is 0 Å². The number of benzene rings is 1. The van der Waals surface area contributed by atoms with E-state index in [1.54, 1.807) is 41.7 Å². The monoisotopic (exact) mass is 360 g/mol. The molecule has 2 heterocycles. The molecular weight excluding hydrogens is 348 g/mol. The van der Waals surface area contributed by atoms with Crippen LogP contribution in [0, 0.1) is 0 Å². The Morgan fingerprint density at radius 1 is 1.33 bits per heavy atom. The largest absolute Gasteiger partial charge is 0.423 e. The lowest BCUT2D eigenvalue weighted by molar-refractivity contribution is -0.128. The average molecular weight is 361 g/mol. The van der Waals surface area contributed by atoms with Crippen molar-refractivity contribution in [2.75, 3.05) is 0 Å². The van der Waals surface area contributed by atoms with Crippen LogP contribution in [0.4, 0.5) is 0 Å². The standard InChI is InChI=1S/C17H13ClN2O3S/c1-2-14(21)11-3-5-12(6-4-11)23-15(22)8-7-13-16(18)19-17-20(13)9-10-24-17/h3-10H,2H2,1H3/b8-7+. The summed E-state index contributed by atoms with van der Waals surface area (Å²) in [7, 11) is 0. The molecule has 0 amide bonds. The summed E-state index contributed by atoms with van der Waals surface area (Å²) in [5.41, 5.74) is 1.22. The lowest BCUT2D eigenvalue weighted by Gasteiger charge is -2.02. The minimum Gasteiger partial charge on any atom is -0.423 e. The Morgan fingerprint density at radius 3 is 2.79 bits per heavy atom. The number of carbonyl (C=O) groups is 2. The van der Waals surface area contributed by atoms with E-state index in [1.165, 1.54) is 17.4 Å². The Kier molecular flexibility index (Phi) is 4.78. The van der Waals surface area contributed by atoms with Crippen molar-refractivity contribution in [2.45, 2.75) is 13.3 Å². The lowest BCUT2D eigenvalue weighted by Crippen LogP contribution is -2.04. The maximum Gasteiger partial charge on any atom is 0.336 e. The first-order chi connectivity index (χ1) is 11.6. The molecule has 0 spiro atoms. The first-order valence-electron chi connectivity index (χ1n) is 7.22. The number of hydrogen-bond acceptors (Lipinski definition) is 5. The van der Waals surface area contributed by atoms with Crippen molar-refractivity contribution in [2.24, 2.45) is 0 Å². The molecule has 2 aromatic heterocycles. The van der Waals surface area contributed by atoms with Crippen LogP contribution in [0.15, 0.2) is 41.9 Å². The topological polar surface area (TPSA) is 60.7 Å². The van der Waals surface area contributed by atoms with Gasteiger partial charge >= 0.3 is 5.97 Å². The van der Waals surface area contributed by atoms with Crippen molar-refractivity contribution >= 4 is 45.7 Å². The number of ketones is 1. The third kappa shape index (κ3) is 3.39. The predicted octanol–water partition coefficient (Wildman–Crippen LogP) is 4.26. The molecule has 5 nitrogen and oxygen atoms in total. The number of Topliss-reactive ketones (excluding diaryl/α,β-unsaturated/α-hetero) is 1. The molecule has 0 saturated heterocycles. The fourth-order valence-corrected chi connectivity index (χ4v) is 3.14. The molecule has 0 aliphatic carbocycles. The zero-order chi connectivity index (χ0) is 17.1. The molecule has 0 bridgehead atoms. The van der Waals surface area contributed by atoms with Gasteiger partial charge in [-0.2, -0.15) is 0 Å². The molecule has 0 atom stereocenters. The normalized spacial score (nSPS) is 11.2. The second kappa shape index (κ2) is 6.98. The van der Waals surface area contributed by atoms with E-state index in [0.29, 0.717) is 28.6 Å². The summed E-state index contributed by atoms with van der Waals surface area (Å²) in [4.78, 5) is 28.4. The Morgan fingerprint density at radius 2 is 2.08 bits per heavy atom. The minimum atomic E-state index is -0.536. The highest BCUT2D eigenvalue weighted by Crippen LogP contribution is 2.22. The smallest absolute Gasteiger partial charge is 0.336 e. The molecule has 3 aromatic rings. The summed E-state index contributed by atoms with van der Waals surface area (Å²) in [6.45, 7) is 1.80. The van der Waals surface area contributed by atoms with Crippen molar-refractivity contribution in [3.05, 3.63) is 58.3 Å². The number of hydrogen-bond donors (Lipinski definition) is 0. The Bertz CT molecular complexity index is 925. The van der Waals surface area contributed by atoms with E-state index in [2.05, 4.69) is 4.98 Å². The number of thiazole rings is 1.